The van der Waals surface area contributed by atoms with Crippen LogP contribution in [0.2, 0.25) is 5.02 Å². The molecule has 2 aliphatic rings. The highest BCUT2D eigenvalue weighted by molar-refractivity contribution is 6.41. The van der Waals surface area contributed by atoms with Crippen LogP contribution in [0.4, 0.5) is 10.1 Å². The number of carbonyl (C=O) groups is 1. The van der Waals surface area contributed by atoms with E-state index in [0.29, 0.717) is 40.8 Å². The van der Waals surface area contributed by atoms with E-state index in [-0.39, 0.29) is 23.8 Å². The van der Waals surface area contributed by atoms with Crippen LogP contribution in [0.5, 0.6) is 5.75 Å². The maximum Gasteiger partial charge on any atom is 0.270 e. The molecule has 1 N–H and O–H groups in total. The van der Waals surface area contributed by atoms with Crippen molar-refractivity contribution < 1.29 is 14.3 Å². The molecular weight excluding hydrogens is 395 g/mol. The summed E-state index contributed by atoms with van der Waals surface area (Å²) < 4.78 is 14.6. The lowest BCUT2D eigenvalue weighted by atomic mass is 10.00. The third-order valence-electron chi connectivity index (χ3n) is 5.10. The Morgan fingerprint density at radius 3 is 2.59 bits per heavy atom. The van der Waals surface area contributed by atoms with Gasteiger partial charge >= 0.3 is 0 Å². The molecule has 2 aromatic rings. The van der Waals surface area contributed by atoms with Crippen LogP contribution in [-0.4, -0.2) is 72.0 Å². The summed E-state index contributed by atoms with van der Waals surface area (Å²) in [7, 11) is 2.02. The average Bonchev–Trinajstić information content (AvgIpc) is 2.88. The molecule has 0 bridgehead atoms. The number of hydrogen-bond acceptors (Lipinski definition) is 5. The van der Waals surface area contributed by atoms with Crippen LogP contribution >= 0.6 is 11.6 Å². The number of rotatable bonds is 2. The Labute approximate surface area is 172 Å². The number of carbonyl (C=O) groups excluding carboxylic acids is 1. The predicted octanol–water partition coefficient (Wildman–Crippen LogP) is 2.88. The minimum Gasteiger partial charge on any atom is -0.508 e. The molecule has 1 fully saturated rings. The lowest BCUT2D eigenvalue weighted by Crippen LogP contribution is -2.49. The van der Waals surface area contributed by atoms with Crippen molar-refractivity contribution in [3.05, 3.63) is 58.4 Å². The van der Waals surface area contributed by atoms with Gasteiger partial charge in [0.15, 0.2) is 0 Å². The summed E-state index contributed by atoms with van der Waals surface area (Å²) in [4.78, 5) is 26.0. The zero-order chi connectivity index (χ0) is 20.5. The van der Waals surface area contributed by atoms with Gasteiger partial charge in [-0.25, -0.2) is 9.38 Å². The van der Waals surface area contributed by atoms with Crippen molar-refractivity contribution in [2.45, 2.75) is 0 Å². The number of piperazine rings is 1. The molecule has 2 aliphatic heterocycles. The normalized spacial score (nSPS) is 17.3. The minimum absolute atomic E-state index is 0.0348. The van der Waals surface area contributed by atoms with Crippen molar-refractivity contribution in [1.29, 1.82) is 0 Å². The van der Waals surface area contributed by atoms with E-state index in [0.717, 1.165) is 19.2 Å². The molecule has 2 aromatic carbocycles. The zero-order valence-corrected chi connectivity index (χ0v) is 16.7. The molecule has 0 radical (unpaired) electrons. The fourth-order valence-corrected chi connectivity index (χ4v) is 3.62. The Hall–Kier alpha value is -2.77. The van der Waals surface area contributed by atoms with Crippen LogP contribution in [0.25, 0.3) is 0 Å². The van der Waals surface area contributed by atoms with Crippen molar-refractivity contribution in [1.82, 2.24) is 9.80 Å². The van der Waals surface area contributed by atoms with Gasteiger partial charge in [0.2, 0.25) is 0 Å². The summed E-state index contributed by atoms with van der Waals surface area (Å²) in [5.74, 6) is -0.937. The van der Waals surface area contributed by atoms with Gasteiger partial charge in [-0.3, -0.25) is 9.79 Å². The summed E-state index contributed by atoms with van der Waals surface area (Å²) in [6.45, 7) is 2.90. The highest BCUT2D eigenvalue weighted by Crippen LogP contribution is 2.30. The van der Waals surface area contributed by atoms with E-state index in [2.05, 4.69) is 14.9 Å². The van der Waals surface area contributed by atoms with Gasteiger partial charge in [0.05, 0.1) is 17.9 Å². The van der Waals surface area contributed by atoms with Crippen LogP contribution in [0, 0.1) is 5.82 Å². The zero-order valence-electron chi connectivity index (χ0n) is 15.9. The fourth-order valence-electron chi connectivity index (χ4n) is 3.45. The van der Waals surface area contributed by atoms with Gasteiger partial charge in [0.25, 0.3) is 5.91 Å². The van der Waals surface area contributed by atoms with Gasteiger partial charge in [-0.2, -0.15) is 0 Å². The second-order valence-electron chi connectivity index (χ2n) is 7.14. The van der Waals surface area contributed by atoms with Gasteiger partial charge in [-0.15, -0.1) is 0 Å². The topological polar surface area (TPSA) is 68.5 Å². The quantitative estimate of drug-likeness (QED) is 0.821. The Balaban J connectivity index is 1.74. The van der Waals surface area contributed by atoms with Crippen molar-refractivity contribution in [2.24, 2.45) is 9.98 Å². The van der Waals surface area contributed by atoms with Crippen molar-refractivity contribution in [3.8, 4) is 5.75 Å². The van der Waals surface area contributed by atoms with E-state index in [4.69, 9.17) is 11.6 Å². The van der Waals surface area contributed by atoms with Crippen LogP contribution < -0.4 is 0 Å². The molecule has 0 saturated carbocycles. The van der Waals surface area contributed by atoms with Crippen LogP contribution in [0.15, 0.2) is 46.4 Å². The lowest BCUT2D eigenvalue weighted by Gasteiger charge is -2.32. The van der Waals surface area contributed by atoms with Crippen LogP contribution in [0.1, 0.15) is 11.1 Å². The molecule has 0 spiro atoms. The maximum absolute atomic E-state index is 14.6. The molecule has 0 unspecified atom stereocenters. The van der Waals surface area contributed by atoms with Gasteiger partial charge < -0.3 is 14.9 Å². The molecule has 2 heterocycles. The largest absolute Gasteiger partial charge is 0.508 e. The van der Waals surface area contributed by atoms with Crippen LogP contribution in [-0.2, 0) is 4.79 Å². The van der Waals surface area contributed by atoms with Crippen molar-refractivity contribution >= 4 is 34.6 Å². The second kappa shape index (κ2) is 7.93. The van der Waals surface area contributed by atoms with Gasteiger partial charge in [-0.1, -0.05) is 11.6 Å². The van der Waals surface area contributed by atoms with E-state index >= 15 is 0 Å². The number of fused-ring (bicyclic) bond motifs is 1. The van der Waals surface area contributed by atoms with Gasteiger partial charge in [0, 0.05) is 48.4 Å². The molecule has 4 rings (SSSR count). The number of halogens is 2. The maximum atomic E-state index is 14.6. The number of amides is 1. The number of phenols is 1. The number of likely N-dealkylation sites (N-methyl/N-ethyl adjacent to an activating group) is 1. The monoisotopic (exact) mass is 414 g/mol. The first-order chi connectivity index (χ1) is 13.9. The Morgan fingerprint density at radius 2 is 1.86 bits per heavy atom. The smallest absolute Gasteiger partial charge is 0.270 e. The summed E-state index contributed by atoms with van der Waals surface area (Å²) in [6.07, 6.45) is 0. The second-order valence-corrected chi connectivity index (χ2v) is 7.58. The predicted molar refractivity (Wildman–Crippen MR) is 111 cm³/mol. The standard InChI is InChI=1S/C21H20ClFN4O2/c1-26-6-8-27(9-7-26)21(29)19-12-24-20(15-4-3-14(28)11-17(15)23)16-10-13(22)2-5-18(16)25-19/h2-5,10-11,28H,6-9,12H2,1H3. The minimum atomic E-state index is -0.608. The number of hydrogen-bond donors (Lipinski definition) is 1. The average molecular weight is 415 g/mol. The van der Waals surface area contributed by atoms with Crippen molar-refractivity contribution in [2.75, 3.05) is 39.8 Å². The van der Waals surface area contributed by atoms with E-state index in [1.54, 1.807) is 23.1 Å². The number of aromatic hydroxyl groups is 1. The number of nitrogens with zero attached hydrogens (tertiary/aromatic N) is 4. The molecular formula is C21H20ClFN4O2. The molecule has 0 aromatic heterocycles. The molecule has 150 valence electrons. The highest BCUT2D eigenvalue weighted by Gasteiger charge is 2.26. The van der Waals surface area contributed by atoms with Gasteiger partial charge in [-0.05, 0) is 37.4 Å². The third-order valence-corrected chi connectivity index (χ3v) is 5.34. The number of aliphatic imine (C=N–C) groups is 2. The van der Waals surface area contributed by atoms with Crippen molar-refractivity contribution in [3.63, 3.8) is 0 Å². The van der Waals surface area contributed by atoms with E-state index < -0.39 is 5.82 Å². The highest BCUT2D eigenvalue weighted by atomic mass is 35.5. The van der Waals surface area contributed by atoms with Gasteiger partial charge in [0.1, 0.15) is 17.3 Å². The molecule has 1 amide bonds. The molecule has 0 aliphatic carbocycles. The summed E-state index contributed by atoms with van der Waals surface area (Å²) in [6, 6.07) is 8.93. The summed E-state index contributed by atoms with van der Waals surface area (Å²) >= 11 is 6.17. The SMILES string of the molecule is CN1CCN(C(=O)C2=Nc3ccc(Cl)cc3C(c3ccc(O)cc3F)=NC2)CC1. The van der Waals surface area contributed by atoms with E-state index in [9.17, 15) is 14.3 Å². The van der Waals surface area contributed by atoms with E-state index in [1.165, 1.54) is 12.1 Å². The molecule has 8 heteroatoms. The van der Waals surface area contributed by atoms with E-state index in [1.807, 2.05) is 7.05 Å². The Bertz CT molecular complexity index is 1030. The Morgan fingerprint density at radius 1 is 1.10 bits per heavy atom. The van der Waals surface area contributed by atoms with Crippen LogP contribution in [0.3, 0.4) is 0 Å². The molecule has 1 saturated heterocycles. The summed E-state index contributed by atoms with van der Waals surface area (Å²) in [5.41, 5.74) is 1.94. The lowest BCUT2D eigenvalue weighted by molar-refractivity contribution is -0.125. The molecule has 6 nitrogen and oxygen atoms in total. The molecule has 29 heavy (non-hydrogen) atoms. The summed E-state index contributed by atoms with van der Waals surface area (Å²) in [5, 5.41) is 9.99. The first-order valence-electron chi connectivity index (χ1n) is 9.31. The first kappa shape index (κ1) is 19.5. The molecule has 0 atom stereocenters. The number of phenolic OH excluding ortho intramolecular Hbond substituents is 1. The first-order valence-corrected chi connectivity index (χ1v) is 9.69. The fraction of sp³-hybridized carbons (Fsp3) is 0.286. The Kier molecular flexibility index (Phi) is 5.34. The number of benzene rings is 2. The third kappa shape index (κ3) is 4.02.